The third-order valence-corrected chi connectivity index (χ3v) is 4.83. The standard InChI is InChI=1S/C19H21ClN4O2.2ClH/c20-17-3-1-16(2-4-17)5-6-19(13-24-10-8-22-15-24)25-12-18(26-19)11-23-9-7-21-14-23;;/h1-4,7-10,14-15,18H,5-6,11-13H2;2*1H/t18-,19-;;/m1../s1. The van der Waals surface area contributed by atoms with Gasteiger partial charge in [0.25, 0.3) is 0 Å². The first-order chi connectivity index (χ1) is 12.7. The van der Waals surface area contributed by atoms with Crippen molar-refractivity contribution in [2.45, 2.75) is 37.8 Å². The molecule has 0 saturated carbocycles. The molecule has 1 aliphatic heterocycles. The van der Waals surface area contributed by atoms with Crippen LogP contribution in [0, 0.1) is 0 Å². The first-order valence-corrected chi connectivity index (χ1v) is 9.06. The van der Waals surface area contributed by atoms with Gasteiger partial charge in [-0.15, -0.1) is 24.8 Å². The zero-order valence-corrected chi connectivity index (χ0v) is 17.6. The summed E-state index contributed by atoms with van der Waals surface area (Å²) in [6.45, 7) is 1.90. The maximum absolute atomic E-state index is 6.40. The molecule has 3 aromatic rings. The van der Waals surface area contributed by atoms with Crippen LogP contribution >= 0.6 is 36.4 Å². The van der Waals surface area contributed by atoms with Crippen molar-refractivity contribution in [3.05, 3.63) is 72.3 Å². The van der Waals surface area contributed by atoms with Crippen LogP contribution in [0.3, 0.4) is 0 Å². The van der Waals surface area contributed by atoms with Gasteiger partial charge in [0, 0.05) is 36.2 Å². The van der Waals surface area contributed by atoms with Crippen molar-refractivity contribution in [3.8, 4) is 0 Å². The molecule has 152 valence electrons. The fraction of sp³-hybridized carbons (Fsp3) is 0.368. The van der Waals surface area contributed by atoms with Crippen LogP contribution in [-0.4, -0.2) is 37.6 Å². The molecule has 1 aliphatic rings. The second-order valence-corrected chi connectivity index (χ2v) is 7.02. The molecule has 28 heavy (non-hydrogen) atoms. The van der Waals surface area contributed by atoms with E-state index in [4.69, 9.17) is 21.1 Å². The van der Waals surface area contributed by atoms with Gasteiger partial charge in [0.05, 0.1) is 32.4 Å². The van der Waals surface area contributed by atoms with E-state index in [1.54, 1.807) is 25.0 Å². The van der Waals surface area contributed by atoms with E-state index in [9.17, 15) is 0 Å². The van der Waals surface area contributed by atoms with Crippen LogP contribution in [0.5, 0.6) is 0 Å². The summed E-state index contributed by atoms with van der Waals surface area (Å²) in [5.74, 6) is -0.661. The number of ether oxygens (including phenoxy) is 2. The third-order valence-electron chi connectivity index (χ3n) is 4.58. The summed E-state index contributed by atoms with van der Waals surface area (Å²) < 4.78 is 16.6. The highest BCUT2D eigenvalue weighted by Crippen LogP contribution is 2.31. The number of hydrogen-bond acceptors (Lipinski definition) is 4. The molecule has 9 heteroatoms. The van der Waals surface area contributed by atoms with E-state index >= 15 is 0 Å². The topological polar surface area (TPSA) is 54.1 Å². The number of aromatic nitrogens is 4. The van der Waals surface area contributed by atoms with Gasteiger partial charge in [-0.1, -0.05) is 23.7 Å². The van der Waals surface area contributed by atoms with Crippen molar-refractivity contribution in [1.82, 2.24) is 19.1 Å². The van der Waals surface area contributed by atoms with Crippen molar-refractivity contribution in [2.24, 2.45) is 0 Å². The third kappa shape index (κ3) is 5.72. The molecule has 2 atom stereocenters. The Bertz CT molecular complexity index is 812. The average molecular weight is 446 g/mol. The van der Waals surface area contributed by atoms with Gasteiger partial charge in [0.1, 0.15) is 6.10 Å². The highest BCUT2D eigenvalue weighted by atomic mass is 35.5. The molecule has 0 amide bonds. The SMILES string of the molecule is Cl.Cl.Clc1ccc(CC[C@@]2(Cn3ccnc3)OC[C@@H](Cn3ccnc3)O2)cc1. The van der Waals surface area contributed by atoms with Crippen LogP contribution in [-0.2, 0) is 29.0 Å². The van der Waals surface area contributed by atoms with Crippen LogP contribution in [0.2, 0.25) is 5.02 Å². The van der Waals surface area contributed by atoms with Gasteiger partial charge in [-0.3, -0.25) is 0 Å². The summed E-state index contributed by atoms with van der Waals surface area (Å²) in [7, 11) is 0. The second kappa shape index (κ2) is 10.3. The molecule has 1 saturated heterocycles. The number of rotatable bonds is 7. The van der Waals surface area contributed by atoms with Crippen LogP contribution in [0.4, 0.5) is 0 Å². The molecule has 0 N–H and O–H groups in total. The minimum atomic E-state index is -0.661. The minimum absolute atomic E-state index is 0. The first-order valence-electron chi connectivity index (χ1n) is 8.68. The van der Waals surface area contributed by atoms with Crippen molar-refractivity contribution < 1.29 is 9.47 Å². The van der Waals surface area contributed by atoms with Gasteiger partial charge in [0.2, 0.25) is 0 Å². The molecule has 0 aliphatic carbocycles. The molecule has 0 bridgehead atoms. The van der Waals surface area contributed by atoms with E-state index in [0.717, 1.165) is 24.4 Å². The lowest BCUT2D eigenvalue weighted by Gasteiger charge is -2.28. The zero-order valence-electron chi connectivity index (χ0n) is 15.2. The summed E-state index contributed by atoms with van der Waals surface area (Å²) in [6.07, 6.45) is 12.6. The van der Waals surface area contributed by atoms with E-state index in [1.165, 1.54) is 5.56 Å². The molecule has 0 spiro atoms. The normalized spacial score (nSPS) is 21.1. The quantitative estimate of drug-likeness (QED) is 0.551. The summed E-state index contributed by atoms with van der Waals surface area (Å²) in [6, 6.07) is 7.92. The molecule has 0 unspecified atom stereocenters. The van der Waals surface area contributed by atoms with Crippen molar-refractivity contribution in [2.75, 3.05) is 6.61 Å². The molecular weight excluding hydrogens is 423 g/mol. The van der Waals surface area contributed by atoms with Gasteiger partial charge in [-0.05, 0) is 24.1 Å². The Morgan fingerprint density at radius 3 is 2.36 bits per heavy atom. The molecule has 1 aromatic carbocycles. The summed E-state index contributed by atoms with van der Waals surface area (Å²) in [4.78, 5) is 8.22. The molecule has 6 nitrogen and oxygen atoms in total. The van der Waals surface area contributed by atoms with E-state index in [0.29, 0.717) is 13.2 Å². The molecule has 4 rings (SSSR count). The Kier molecular flexibility index (Phi) is 8.34. The van der Waals surface area contributed by atoms with Crippen LogP contribution in [0.15, 0.2) is 61.7 Å². The first kappa shape index (κ1) is 22.7. The Balaban J connectivity index is 0.00000140. The van der Waals surface area contributed by atoms with Gasteiger partial charge >= 0.3 is 0 Å². The van der Waals surface area contributed by atoms with Gasteiger partial charge in [0.15, 0.2) is 5.79 Å². The highest BCUT2D eigenvalue weighted by molar-refractivity contribution is 6.30. The minimum Gasteiger partial charge on any atom is -0.345 e. The highest BCUT2D eigenvalue weighted by Gasteiger charge is 2.41. The van der Waals surface area contributed by atoms with Crippen molar-refractivity contribution >= 4 is 36.4 Å². The number of halogens is 3. The van der Waals surface area contributed by atoms with E-state index in [-0.39, 0.29) is 30.9 Å². The number of nitrogens with zero attached hydrogens (tertiary/aromatic N) is 4. The van der Waals surface area contributed by atoms with Gasteiger partial charge < -0.3 is 18.6 Å². The largest absolute Gasteiger partial charge is 0.345 e. The van der Waals surface area contributed by atoms with Crippen LogP contribution in [0.1, 0.15) is 12.0 Å². The van der Waals surface area contributed by atoms with Crippen molar-refractivity contribution in [1.29, 1.82) is 0 Å². The maximum atomic E-state index is 6.40. The predicted molar refractivity (Wildman–Crippen MR) is 112 cm³/mol. The van der Waals surface area contributed by atoms with Crippen LogP contribution < -0.4 is 0 Å². The zero-order chi connectivity index (χ0) is 17.8. The lowest BCUT2D eigenvalue weighted by Crippen LogP contribution is -2.37. The second-order valence-electron chi connectivity index (χ2n) is 6.58. The Morgan fingerprint density at radius 1 is 1.04 bits per heavy atom. The van der Waals surface area contributed by atoms with Gasteiger partial charge in [-0.2, -0.15) is 0 Å². The van der Waals surface area contributed by atoms with E-state index in [2.05, 4.69) is 9.97 Å². The monoisotopic (exact) mass is 444 g/mol. The number of aryl methyl sites for hydroxylation is 1. The average Bonchev–Trinajstić information content (AvgIpc) is 3.39. The molecule has 1 fully saturated rings. The van der Waals surface area contributed by atoms with Gasteiger partial charge in [-0.25, -0.2) is 9.97 Å². The lowest BCUT2D eigenvalue weighted by molar-refractivity contribution is -0.183. The molecule has 0 radical (unpaired) electrons. The summed E-state index contributed by atoms with van der Waals surface area (Å²) in [5.41, 5.74) is 1.21. The Morgan fingerprint density at radius 2 is 1.71 bits per heavy atom. The Hall–Kier alpha value is -1.57. The van der Waals surface area contributed by atoms with Crippen molar-refractivity contribution in [3.63, 3.8) is 0 Å². The molecule has 3 heterocycles. The summed E-state index contributed by atoms with van der Waals surface area (Å²) >= 11 is 5.98. The number of benzene rings is 1. The smallest absolute Gasteiger partial charge is 0.187 e. The fourth-order valence-electron chi connectivity index (χ4n) is 3.27. The van der Waals surface area contributed by atoms with Crippen LogP contribution in [0.25, 0.3) is 0 Å². The molecular formula is C19H23Cl3N4O2. The fourth-order valence-corrected chi connectivity index (χ4v) is 3.40. The maximum Gasteiger partial charge on any atom is 0.187 e. The number of hydrogen-bond donors (Lipinski definition) is 0. The van der Waals surface area contributed by atoms with E-state index in [1.807, 2.05) is 45.8 Å². The molecule has 2 aromatic heterocycles. The lowest BCUT2D eigenvalue weighted by atomic mass is 10.0. The Labute approximate surface area is 181 Å². The predicted octanol–water partition coefficient (Wildman–Crippen LogP) is 4.02. The number of imidazole rings is 2. The van der Waals surface area contributed by atoms with E-state index < -0.39 is 5.79 Å². The summed E-state index contributed by atoms with van der Waals surface area (Å²) in [5, 5.41) is 0.746.